The zero-order valence-electron chi connectivity index (χ0n) is 12.5. The van der Waals surface area contributed by atoms with Gasteiger partial charge < -0.3 is 5.32 Å². The Balaban J connectivity index is 1.66. The number of hydrogen-bond donors (Lipinski definition) is 1. The van der Waals surface area contributed by atoms with Crippen LogP contribution in [0.4, 0.5) is 0 Å². The topological polar surface area (TPSA) is 12.0 Å². The highest BCUT2D eigenvalue weighted by Gasteiger charge is 2.00. The van der Waals surface area contributed by atoms with Crippen LogP contribution in [0.25, 0.3) is 10.8 Å². The molecule has 0 fully saturated rings. The second-order valence-electron chi connectivity index (χ2n) is 5.41. The van der Waals surface area contributed by atoms with Crippen LogP contribution in [0.1, 0.15) is 23.6 Å². The third-order valence-corrected chi connectivity index (χ3v) is 3.96. The van der Waals surface area contributed by atoms with E-state index in [1.54, 1.807) is 0 Å². The van der Waals surface area contributed by atoms with E-state index in [1.165, 1.54) is 27.5 Å². The van der Waals surface area contributed by atoms with Gasteiger partial charge in [-0.15, -0.1) is 0 Å². The molecule has 0 bridgehead atoms. The molecule has 0 aliphatic carbocycles. The molecule has 0 aromatic heterocycles. The minimum atomic E-state index is 0.900. The largest absolute Gasteiger partial charge is 0.309 e. The lowest BCUT2D eigenvalue weighted by Crippen LogP contribution is -2.12. The summed E-state index contributed by atoms with van der Waals surface area (Å²) in [4.78, 5) is 0. The van der Waals surface area contributed by atoms with E-state index in [4.69, 9.17) is 0 Å². The third kappa shape index (κ3) is 3.32. The second kappa shape index (κ2) is 6.55. The zero-order chi connectivity index (χ0) is 14.5. The Morgan fingerprint density at radius 1 is 0.714 bits per heavy atom. The molecule has 0 amide bonds. The maximum Gasteiger partial charge on any atom is 0.0214 e. The van der Waals surface area contributed by atoms with Gasteiger partial charge in [-0.25, -0.2) is 0 Å². The van der Waals surface area contributed by atoms with Gasteiger partial charge in [-0.1, -0.05) is 73.7 Å². The predicted molar refractivity (Wildman–Crippen MR) is 90.3 cm³/mol. The van der Waals surface area contributed by atoms with Crippen molar-refractivity contribution < 1.29 is 0 Å². The summed E-state index contributed by atoms with van der Waals surface area (Å²) in [5, 5.41) is 6.20. The smallest absolute Gasteiger partial charge is 0.0214 e. The van der Waals surface area contributed by atoms with Gasteiger partial charge in [-0.3, -0.25) is 0 Å². The number of fused-ring (bicyclic) bond motifs is 1. The van der Waals surface area contributed by atoms with Crippen molar-refractivity contribution in [1.82, 2.24) is 5.32 Å². The number of benzene rings is 3. The van der Waals surface area contributed by atoms with Crippen LogP contribution in [-0.4, -0.2) is 0 Å². The minimum absolute atomic E-state index is 0.900. The van der Waals surface area contributed by atoms with Gasteiger partial charge in [0.1, 0.15) is 0 Å². The van der Waals surface area contributed by atoms with Gasteiger partial charge in [-0.05, 0) is 33.9 Å². The van der Waals surface area contributed by atoms with Gasteiger partial charge in [0.05, 0.1) is 0 Å². The van der Waals surface area contributed by atoms with Crippen LogP contribution in [0.2, 0.25) is 0 Å². The molecular weight excluding hydrogens is 254 g/mol. The van der Waals surface area contributed by atoms with Crippen LogP contribution in [0.15, 0.2) is 66.7 Å². The first kappa shape index (κ1) is 13.8. The number of hydrogen-bond acceptors (Lipinski definition) is 1. The summed E-state index contributed by atoms with van der Waals surface area (Å²) >= 11 is 0. The summed E-state index contributed by atoms with van der Waals surface area (Å²) in [6.45, 7) is 4.00. The number of nitrogens with one attached hydrogen (secondary N) is 1. The Bertz CT molecular complexity index is 708. The molecule has 21 heavy (non-hydrogen) atoms. The first-order valence-electron chi connectivity index (χ1n) is 7.62. The van der Waals surface area contributed by atoms with Crippen molar-refractivity contribution in [3.05, 3.63) is 83.4 Å². The highest BCUT2D eigenvalue weighted by atomic mass is 14.8. The average Bonchev–Trinajstić information content (AvgIpc) is 2.56. The van der Waals surface area contributed by atoms with Gasteiger partial charge in [0.15, 0.2) is 0 Å². The van der Waals surface area contributed by atoms with E-state index in [1.807, 2.05) is 0 Å². The summed E-state index contributed by atoms with van der Waals surface area (Å²) in [5.74, 6) is 0. The molecule has 0 spiro atoms. The Morgan fingerprint density at radius 2 is 1.43 bits per heavy atom. The van der Waals surface area contributed by atoms with Crippen molar-refractivity contribution in [3.63, 3.8) is 0 Å². The van der Waals surface area contributed by atoms with Crippen molar-refractivity contribution in [2.24, 2.45) is 0 Å². The van der Waals surface area contributed by atoms with Gasteiger partial charge >= 0.3 is 0 Å². The maximum absolute atomic E-state index is 3.55. The van der Waals surface area contributed by atoms with E-state index in [0.29, 0.717) is 0 Å². The first-order valence-corrected chi connectivity index (χ1v) is 7.62. The maximum atomic E-state index is 3.55. The molecule has 3 rings (SSSR count). The highest BCUT2D eigenvalue weighted by molar-refractivity contribution is 5.85. The van der Waals surface area contributed by atoms with Crippen LogP contribution in [0, 0.1) is 0 Å². The van der Waals surface area contributed by atoms with E-state index in [2.05, 4.69) is 79.0 Å². The summed E-state index contributed by atoms with van der Waals surface area (Å²) in [6, 6.07) is 23.9. The predicted octanol–water partition coefficient (Wildman–Crippen LogP) is 4.69. The molecule has 0 atom stereocenters. The van der Waals surface area contributed by atoms with Crippen LogP contribution in [0.3, 0.4) is 0 Å². The molecule has 0 heterocycles. The standard InChI is InChI=1S/C20H21N/c1-2-16-10-12-17(13-11-16)14-21-15-19-8-5-7-18-6-3-4-9-20(18)19/h3-13,21H,2,14-15H2,1H3. The quantitative estimate of drug-likeness (QED) is 0.712. The molecule has 0 radical (unpaired) electrons. The second-order valence-corrected chi connectivity index (χ2v) is 5.41. The lowest BCUT2D eigenvalue weighted by Gasteiger charge is -2.09. The fourth-order valence-electron chi connectivity index (χ4n) is 2.68. The van der Waals surface area contributed by atoms with Crippen LogP contribution < -0.4 is 5.32 Å². The lowest BCUT2D eigenvalue weighted by molar-refractivity contribution is 0.696. The summed E-state index contributed by atoms with van der Waals surface area (Å²) in [5.41, 5.74) is 4.10. The van der Waals surface area contributed by atoms with Gasteiger partial charge in [0, 0.05) is 13.1 Å². The average molecular weight is 275 g/mol. The number of rotatable bonds is 5. The Morgan fingerprint density at radius 3 is 2.24 bits per heavy atom. The SMILES string of the molecule is CCc1ccc(CNCc2cccc3ccccc23)cc1. The van der Waals surface area contributed by atoms with Gasteiger partial charge in [0.2, 0.25) is 0 Å². The molecule has 3 aromatic rings. The van der Waals surface area contributed by atoms with E-state index in [0.717, 1.165) is 19.5 Å². The molecule has 0 unspecified atom stereocenters. The first-order chi connectivity index (χ1) is 10.4. The van der Waals surface area contributed by atoms with Crippen molar-refractivity contribution >= 4 is 10.8 Å². The molecule has 3 aromatic carbocycles. The molecule has 1 heteroatoms. The molecule has 0 saturated heterocycles. The molecule has 106 valence electrons. The van der Waals surface area contributed by atoms with Crippen LogP contribution in [-0.2, 0) is 19.5 Å². The molecule has 0 saturated carbocycles. The highest BCUT2D eigenvalue weighted by Crippen LogP contribution is 2.18. The molecule has 1 N–H and O–H groups in total. The van der Waals surface area contributed by atoms with E-state index in [9.17, 15) is 0 Å². The zero-order valence-corrected chi connectivity index (χ0v) is 12.5. The van der Waals surface area contributed by atoms with Crippen molar-refractivity contribution in [1.29, 1.82) is 0 Å². The molecular formula is C20H21N. The number of aryl methyl sites for hydroxylation is 1. The monoisotopic (exact) mass is 275 g/mol. The Kier molecular flexibility index (Phi) is 4.32. The van der Waals surface area contributed by atoms with Crippen LogP contribution >= 0.6 is 0 Å². The Labute approximate surface area is 126 Å². The van der Waals surface area contributed by atoms with Crippen molar-refractivity contribution in [2.45, 2.75) is 26.4 Å². The third-order valence-electron chi connectivity index (χ3n) is 3.96. The van der Waals surface area contributed by atoms with E-state index < -0.39 is 0 Å². The normalized spacial score (nSPS) is 10.9. The summed E-state index contributed by atoms with van der Waals surface area (Å²) in [6.07, 6.45) is 1.10. The van der Waals surface area contributed by atoms with Gasteiger partial charge in [0.25, 0.3) is 0 Å². The fraction of sp³-hybridized carbons (Fsp3) is 0.200. The summed E-state index contributed by atoms with van der Waals surface area (Å²) in [7, 11) is 0. The van der Waals surface area contributed by atoms with Crippen LogP contribution in [0.5, 0.6) is 0 Å². The molecule has 0 aliphatic heterocycles. The molecule has 0 aliphatic rings. The van der Waals surface area contributed by atoms with E-state index in [-0.39, 0.29) is 0 Å². The molecule has 1 nitrogen and oxygen atoms in total. The fourth-order valence-corrected chi connectivity index (χ4v) is 2.68. The van der Waals surface area contributed by atoms with E-state index >= 15 is 0 Å². The van der Waals surface area contributed by atoms with Crippen molar-refractivity contribution in [2.75, 3.05) is 0 Å². The minimum Gasteiger partial charge on any atom is -0.309 e. The van der Waals surface area contributed by atoms with Crippen molar-refractivity contribution in [3.8, 4) is 0 Å². The Hall–Kier alpha value is -2.12. The summed E-state index contributed by atoms with van der Waals surface area (Å²) < 4.78 is 0. The van der Waals surface area contributed by atoms with Gasteiger partial charge in [-0.2, -0.15) is 0 Å². The lowest BCUT2D eigenvalue weighted by atomic mass is 10.0.